The molecular formula is C11H12IN4O3P. The first-order valence-corrected chi connectivity index (χ1v) is 10.1. The minimum absolute atomic E-state index is 0.116. The fourth-order valence-electron chi connectivity index (χ4n) is 2.32. The van der Waals surface area contributed by atoms with Crippen molar-refractivity contribution in [2.45, 2.75) is 0 Å². The maximum Gasteiger partial charge on any atom is 0.282 e. The number of morpholine rings is 1. The summed E-state index contributed by atoms with van der Waals surface area (Å²) in [5, 5.41) is 16.1. The molecule has 0 amide bonds. The van der Waals surface area contributed by atoms with E-state index in [1.54, 1.807) is 16.7 Å². The quantitative estimate of drug-likeness (QED) is 0.339. The van der Waals surface area contributed by atoms with Crippen molar-refractivity contribution < 1.29 is 9.66 Å². The maximum absolute atomic E-state index is 11.3. The van der Waals surface area contributed by atoms with E-state index in [-0.39, 0.29) is 10.6 Å². The second kappa shape index (κ2) is 5.79. The minimum atomic E-state index is -0.339. The number of halogens is 1. The number of nitro groups is 1. The molecule has 20 heavy (non-hydrogen) atoms. The van der Waals surface area contributed by atoms with Gasteiger partial charge in [-0.2, -0.15) is 5.10 Å². The second-order valence-electron chi connectivity index (χ2n) is 4.40. The molecule has 1 aromatic carbocycles. The van der Waals surface area contributed by atoms with Gasteiger partial charge in [-0.05, 0) is 28.1 Å². The molecule has 1 aliphatic heterocycles. The molecule has 0 spiro atoms. The fraction of sp³-hybridized carbons (Fsp3) is 0.364. The van der Waals surface area contributed by atoms with Crippen LogP contribution in [0.2, 0.25) is 0 Å². The second-order valence-corrected chi connectivity index (χ2v) is 6.44. The number of anilines is 1. The number of fused-ring (bicyclic) bond motifs is 1. The van der Waals surface area contributed by atoms with Gasteiger partial charge in [0.15, 0.2) is 0 Å². The van der Waals surface area contributed by atoms with Crippen LogP contribution in [-0.4, -0.2) is 40.8 Å². The Kier molecular flexibility index (Phi) is 4.04. The van der Waals surface area contributed by atoms with Crippen molar-refractivity contribution in [3.63, 3.8) is 0 Å². The number of nitro benzene ring substituents is 1. The van der Waals surface area contributed by atoms with E-state index in [2.05, 4.69) is 32.0 Å². The zero-order valence-electron chi connectivity index (χ0n) is 10.5. The number of hydrogen-bond acceptors (Lipinski definition) is 5. The molecular weight excluding hydrogens is 394 g/mol. The molecule has 1 fully saturated rings. The van der Waals surface area contributed by atoms with Gasteiger partial charge in [-0.25, -0.2) is 4.45 Å². The van der Waals surface area contributed by atoms with E-state index in [0.29, 0.717) is 25.0 Å². The van der Waals surface area contributed by atoms with Crippen LogP contribution in [0.3, 0.4) is 0 Å². The van der Waals surface area contributed by atoms with Crippen LogP contribution in [0, 0.1) is 10.1 Å². The Hall–Kier alpha value is -0.990. The third kappa shape index (κ3) is 2.47. The van der Waals surface area contributed by atoms with Gasteiger partial charge in [0.25, 0.3) is 5.69 Å². The monoisotopic (exact) mass is 406 g/mol. The van der Waals surface area contributed by atoms with Gasteiger partial charge in [-0.1, -0.05) is 0 Å². The predicted octanol–water partition coefficient (Wildman–Crippen LogP) is 2.57. The van der Waals surface area contributed by atoms with Crippen LogP contribution >= 0.6 is 28.4 Å². The lowest BCUT2D eigenvalue weighted by Gasteiger charge is -2.28. The van der Waals surface area contributed by atoms with Gasteiger partial charge in [0, 0.05) is 24.8 Å². The number of non-ortho nitro benzene ring substituents is 1. The van der Waals surface area contributed by atoms with Crippen LogP contribution in [0.4, 0.5) is 11.4 Å². The van der Waals surface area contributed by atoms with Crippen molar-refractivity contribution in [1.82, 2.24) is 9.55 Å². The summed E-state index contributed by atoms with van der Waals surface area (Å²) in [6, 6.07) is 3.61. The highest BCUT2D eigenvalue weighted by molar-refractivity contribution is 14.2. The molecule has 1 aliphatic rings. The van der Waals surface area contributed by atoms with Gasteiger partial charge in [-0.3, -0.25) is 10.1 Å². The first kappa shape index (κ1) is 14.0. The molecule has 1 unspecified atom stereocenters. The van der Waals surface area contributed by atoms with Crippen molar-refractivity contribution in [2.75, 3.05) is 31.2 Å². The fourth-order valence-corrected chi connectivity index (χ4v) is 3.85. The first-order valence-electron chi connectivity index (χ1n) is 6.06. The Balaban J connectivity index is 2.14. The molecule has 1 aromatic heterocycles. The van der Waals surface area contributed by atoms with Crippen LogP contribution in [-0.2, 0) is 4.74 Å². The number of benzene rings is 1. The van der Waals surface area contributed by atoms with Gasteiger partial charge >= 0.3 is 0 Å². The minimum Gasteiger partial charge on any atom is -0.378 e. The topological polar surface area (TPSA) is 73.4 Å². The summed E-state index contributed by atoms with van der Waals surface area (Å²) in [6.45, 7) is 2.81. The lowest BCUT2D eigenvalue weighted by molar-refractivity contribution is -0.383. The lowest BCUT2D eigenvalue weighted by Crippen LogP contribution is -2.36. The van der Waals surface area contributed by atoms with Gasteiger partial charge in [-0.15, -0.1) is 0 Å². The van der Waals surface area contributed by atoms with E-state index < -0.39 is 0 Å². The highest BCUT2D eigenvalue weighted by atomic mass is 127. The van der Waals surface area contributed by atoms with E-state index in [9.17, 15) is 10.1 Å². The third-order valence-electron chi connectivity index (χ3n) is 3.30. The Labute approximate surface area is 129 Å². The average molecular weight is 406 g/mol. The van der Waals surface area contributed by atoms with Gasteiger partial charge in [0.1, 0.15) is 0 Å². The summed E-state index contributed by atoms with van der Waals surface area (Å²) >= 11 is 2.22. The molecule has 0 aliphatic carbocycles. The molecule has 7 nitrogen and oxygen atoms in total. The Morgan fingerprint density at radius 2 is 2.15 bits per heavy atom. The summed E-state index contributed by atoms with van der Waals surface area (Å²) in [5.41, 5.74) is 1.79. The smallest absolute Gasteiger partial charge is 0.282 e. The van der Waals surface area contributed by atoms with Gasteiger partial charge in [0.05, 0.1) is 41.6 Å². The normalized spacial score (nSPS) is 16.4. The maximum atomic E-state index is 11.3. The number of rotatable bonds is 3. The van der Waals surface area contributed by atoms with E-state index in [0.717, 1.165) is 24.3 Å². The molecule has 2 heterocycles. The van der Waals surface area contributed by atoms with Crippen molar-refractivity contribution in [1.29, 1.82) is 0 Å². The highest BCUT2D eigenvalue weighted by Crippen LogP contribution is 2.36. The van der Waals surface area contributed by atoms with Crippen molar-refractivity contribution in [3.8, 4) is 0 Å². The van der Waals surface area contributed by atoms with Crippen molar-refractivity contribution >= 4 is 50.7 Å². The first-order chi connectivity index (χ1) is 9.70. The molecule has 3 rings (SSSR count). The molecule has 9 heteroatoms. The third-order valence-corrected chi connectivity index (χ3v) is 5.19. The number of aromatic nitrogens is 2. The van der Waals surface area contributed by atoms with Crippen molar-refractivity contribution in [2.24, 2.45) is 0 Å². The zero-order valence-corrected chi connectivity index (χ0v) is 13.6. The van der Waals surface area contributed by atoms with Crippen LogP contribution in [0.1, 0.15) is 0 Å². The van der Waals surface area contributed by atoms with E-state index in [1.807, 2.05) is 6.07 Å². The number of ether oxygens (including phenoxy) is 1. The van der Waals surface area contributed by atoms with E-state index in [4.69, 9.17) is 4.74 Å². The standard InChI is InChI=1S/C11H12IN4O3P/c12-20-15-10-5-8(14-1-3-19-4-2-14)6-11(16(17)18)9(10)7-13-15/h5-7,20H,1-4H2. The molecule has 0 saturated carbocycles. The van der Waals surface area contributed by atoms with Crippen LogP contribution in [0.25, 0.3) is 10.9 Å². The molecule has 2 aromatic rings. The molecule has 0 radical (unpaired) electrons. The molecule has 1 atom stereocenters. The van der Waals surface area contributed by atoms with Crippen LogP contribution < -0.4 is 4.90 Å². The summed E-state index contributed by atoms with van der Waals surface area (Å²) in [4.78, 5) is 13.0. The summed E-state index contributed by atoms with van der Waals surface area (Å²) in [5.74, 6) is 0. The molecule has 106 valence electrons. The van der Waals surface area contributed by atoms with Crippen molar-refractivity contribution in [3.05, 3.63) is 28.4 Å². The average Bonchev–Trinajstić information content (AvgIpc) is 2.89. The molecule has 1 saturated heterocycles. The Morgan fingerprint density at radius 3 is 2.80 bits per heavy atom. The SMILES string of the molecule is O=[N+]([O-])c1cc(N2CCOCC2)cc2c1cnn2PI. The summed E-state index contributed by atoms with van der Waals surface area (Å²) in [7, 11) is 0. The summed E-state index contributed by atoms with van der Waals surface area (Å²) < 4.78 is 7.12. The number of nitrogens with zero attached hydrogens (tertiary/aromatic N) is 4. The van der Waals surface area contributed by atoms with E-state index >= 15 is 0 Å². The Bertz CT molecular complexity index is 656. The molecule has 0 bridgehead atoms. The van der Waals surface area contributed by atoms with E-state index in [1.165, 1.54) is 0 Å². The lowest BCUT2D eigenvalue weighted by atomic mass is 10.2. The van der Waals surface area contributed by atoms with Gasteiger partial charge < -0.3 is 9.64 Å². The van der Waals surface area contributed by atoms with Crippen LogP contribution in [0.15, 0.2) is 18.3 Å². The predicted molar refractivity (Wildman–Crippen MR) is 87.2 cm³/mol. The zero-order chi connectivity index (χ0) is 14.1. The van der Waals surface area contributed by atoms with Crippen LogP contribution in [0.5, 0.6) is 0 Å². The molecule has 0 N–H and O–H groups in total. The highest BCUT2D eigenvalue weighted by Gasteiger charge is 2.21. The van der Waals surface area contributed by atoms with Gasteiger partial charge in [0.2, 0.25) is 0 Å². The largest absolute Gasteiger partial charge is 0.378 e. The Morgan fingerprint density at radius 1 is 1.40 bits per heavy atom. The summed E-state index contributed by atoms with van der Waals surface area (Å²) in [6.07, 6.45) is 1.99. The number of hydrogen-bond donors (Lipinski definition) is 0.